The molecule has 0 saturated carbocycles. The Morgan fingerprint density at radius 1 is 0.844 bits per heavy atom. The number of benzene rings is 2. The molecular formula is C35H51N5O5. The first-order valence-electron chi connectivity index (χ1n) is 16.4. The maximum absolute atomic E-state index is 13.5. The fraction of sp³-hybridized carbons (Fsp3) is 0.543. The van der Waals surface area contributed by atoms with Crippen LogP contribution >= 0.6 is 0 Å². The third-order valence-corrected chi connectivity index (χ3v) is 7.81. The largest absolute Gasteiger partial charge is 0.493 e. The molecule has 0 bridgehead atoms. The van der Waals surface area contributed by atoms with E-state index in [1.165, 1.54) is 19.3 Å². The van der Waals surface area contributed by atoms with Gasteiger partial charge in [-0.2, -0.15) is 0 Å². The van der Waals surface area contributed by atoms with Gasteiger partial charge in [-0.05, 0) is 44.6 Å². The van der Waals surface area contributed by atoms with E-state index in [0.29, 0.717) is 44.0 Å². The fourth-order valence-electron chi connectivity index (χ4n) is 5.23. The molecule has 0 fully saturated rings. The zero-order valence-corrected chi connectivity index (χ0v) is 26.9. The summed E-state index contributed by atoms with van der Waals surface area (Å²) in [6.45, 7) is 1.96. The number of hydrogen-bond acceptors (Lipinski definition) is 6. The minimum atomic E-state index is -1.16. The van der Waals surface area contributed by atoms with Crippen LogP contribution in [-0.2, 0) is 20.8 Å². The minimum Gasteiger partial charge on any atom is -0.493 e. The number of nitrogens with one attached hydrogen (secondary N) is 4. The van der Waals surface area contributed by atoms with Gasteiger partial charge < -0.3 is 30.9 Å². The molecule has 246 valence electrons. The number of fused-ring (bicyclic) bond motifs is 1. The van der Waals surface area contributed by atoms with E-state index in [0.717, 1.165) is 44.1 Å². The predicted molar refractivity (Wildman–Crippen MR) is 176 cm³/mol. The average molecular weight is 622 g/mol. The van der Waals surface area contributed by atoms with Crippen LogP contribution in [0, 0.1) is 0 Å². The Morgan fingerprint density at radius 2 is 1.49 bits per heavy atom. The Kier molecular flexibility index (Phi) is 15.9. The second-order valence-electron chi connectivity index (χ2n) is 12.0. The molecule has 2 aromatic rings. The van der Waals surface area contributed by atoms with Crippen molar-refractivity contribution in [2.45, 2.75) is 82.7 Å². The van der Waals surface area contributed by atoms with Crippen LogP contribution in [0.15, 0.2) is 54.6 Å². The number of carbonyl (C=O) groups excluding carboxylic acids is 4. The third-order valence-electron chi connectivity index (χ3n) is 7.81. The summed E-state index contributed by atoms with van der Waals surface area (Å²) in [6.07, 6.45) is 9.60. The van der Waals surface area contributed by atoms with Gasteiger partial charge in [0.15, 0.2) is 0 Å². The van der Waals surface area contributed by atoms with Crippen LogP contribution in [0.4, 0.5) is 0 Å². The number of ether oxygens (including phenoxy) is 1. The first-order valence-corrected chi connectivity index (χ1v) is 16.4. The summed E-state index contributed by atoms with van der Waals surface area (Å²) in [5.74, 6) is -1.34. The van der Waals surface area contributed by atoms with Gasteiger partial charge in [-0.15, -0.1) is 0 Å². The van der Waals surface area contributed by atoms with Crippen LogP contribution < -0.4 is 26.0 Å². The standard InChI is InChI=1S/C35H51N5O5/c1-40(2)23-22-37-35(44)30-26-32(41)38-29(25-27-17-11-10-12-18-27)34(43)36-21-15-8-6-4-3-5-7-9-16-24-45-31-20-14-13-19-28(31)33(42)39-30/h10-14,17-20,29-30H,3-9,15-16,21-26H2,1-2H3,(H,36,43)(H,37,44)(H,38,41)(H,39,42)/t29-,30-/m0/s1. The van der Waals surface area contributed by atoms with Crippen LogP contribution in [0.25, 0.3) is 0 Å². The molecule has 2 aromatic carbocycles. The van der Waals surface area contributed by atoms with E-state index >= 15 is 0 Å². The topological polar surface area (TPSA) is 129 Å². The van der Waals surface area contributed by atoms with E-state index in [1.807, 2.05) is 49.3 Å². The molecule has 45 heavy (non-hydrogen) atoms. The maximum Gasteiger partial charge on any atom is 0.255 e. The Balaban J connectivity index is 1.80. The zero-order valence-electron chi connectivity index (χ0n) is 26.9. The highest BCUT2D eigenvalue weighted by Crippen LogP contribution is 2.19. The van der Waals surface area contributed by atoms with Gasteiger partial charge in [0, 0.05) is 26.1 Å². The monoisotopic (exact) mass is 621 g/mol. The summed E-state index contributed by atoms with van der Waals surface area (Å²) in [5, 5.41) is 11.4. The number of rotatable bonds is 6. The molecule has 1 aliphatic rings. The quantitative estimate of drug-likeness (QED) is 0.390. The molecule has 0 saturated heterocycles. The smallest absolute Gasteiger partial charge is 0.255 e. The van der Waals surface area contributed by atoms with E-state index in [1.54, 1.807) is 24.3 Å². The lowest BCUT2D eigenvalue weighted by molar-refractivity contribution is -0.131. The van der Waals surface area contributed by atoms with Crippen LogP contribution in [0.2, 0.25) is 0 Å². The lowest BCUT2D eigenvalue weighted by Crippen LogP contribution is -2.53. The number of likely N-dealkylation sites (N-methyl/N-ethyl adjacent to an activating group) is 1. The summed E-state index contributed by atoms with van der Waals surface area (Å²) in [5.41, 5.74) is 1.20. The van der Waals surface area contributed by atoms with E-state index in [2.05, 4.69) is 21.3 Å². The van der Waals surface area contributed by atoms with E-state index in [4.69, 9.17) is 4.74 Å². The van der Waals surface area contributed by atoms with Crippen LogP contribution in [0.1, 0.15) is 80.1 Å². The van der Waals surface area contributed by atoms with Crippen molar-refractivity contribution in [3.63, 3.8) is 0 Å². The van der Waals surface area contributed by atoms with Crippen molar-refractivity contribution in [3.05, 3.63) is 65.7 Å². The van der Waals surface area contributed by atoms with Crippen molar-refractivity contribution < 1.29 is 23.9 Å². The molecule has 0 unspecified atom stereocenters. The molecule has 1 aliphatic heterocycles. The molecule has 1 heterocycles. The summed E-state index contributed by atoms with van der Waals surface area (Å²) < 4.78 is 5.98. The van der Waals surface area contributed by atoms with Gasteiger partial charge in [0.2, 0.25) is 17.7 Å². The van der Waals surface area contributed by atoms with Gasteiger partial charge in [-0.1, -0.05) is 87.4 Å². The fourth-order valence-corrected chi connectivity index (χ4v) is 5.23. The molecule has 0 spiro atoms. The Morgan fingerprint density at radius 3 is 2.20 bits per heavy atom. The molecule has 0 radical (unpaired) electrons. The molecular weight excluding hydrogens is 570 g/mol. The first-order chi connectivity index (χ1) is 21.8. The average Bonchev–Trinajstić information content (AvgIpc) is 3.02. The van der Waals surface area contributed by atoms with Crippen molar-refractivity contribution in [2.24, 2.45) is 0 Å². The Hall–Kier alpha value is -3.92. The van der Waals surface area contributed by atoms with E-state index in [9.17, 15) is 19.2 Å². The van der Waals surface area contributed by atoms with Crippen LogP contribution in [0.5, 0.6) is 5.75 Å². The SMILES string of the molecule is CN(C)CCNC(=O)[C@@H]1CC(=O)N[C@@H](Cc2ccccc2)C(=O)NCCCCCCCCCCCOc2ccccc2C(=O)N1. The Bertz CT molecular complexity index is 1210. The molecule has 10 heteroatoms. The van der Waals surface area contributed by atoms with Crippen LogP contribution in [-0.4, -0.2) is 80.9 Å². The highest BCUT2D eigenvalue weighted by Gasteiger charge is 2.28. The maximum atomic E-state index is 13.5. The molecule has 0 aromatic heterocycles. The van der Waals surface area contributed by atoms with Gasteiger partial charge in [-0.3, -0.25) is 19.2 Å². The Labute approximate surface area is 268 Å². The molecule has 4 amide bonds. The predicted octanol–water partition coefficient (Wildman–Crippen LogP) is 3.60. The summed E-state index contributed by atoms with van der Waals surface area (Å²) in [6, 6.07) is 14.4. The third kappa shape index (κ3) is 13.7. The van der Waals surface area contributed by atoms with Gasteiger partial charge in [-0.25, -0.2) is 0 Å². The van der Waals surface area contributed by atoms with E-state index in [-0.39, 0.29) is 12.3 Å². The van der Waals surface area contributed by atoms with Gasteiger partial charge in [0.1, 0.15) is 17.8 Å². The highest BCUT2D eigenvalue weighted by molar-refractivity contribution is 6.01. The zero-order chi connectivity index (χ0) is 32.3. The lowest BCUT2D eigenvalue weighted by Gasteiger charge is -2.22. The number of hydrogen-bond donors (Lipinski definition) is 4. The number of amides is 4. The molecule has 0 aliphatic carbocycles. The lowest BCUT2D eigenvalue weighted by atomic mass is 10.0. The van der Waals surface area contributed by atoms with E-state index < -0.39 is 29.8 Å². The first kappa shape index (κ1) is 35.6. The van der Waals surface area contributed by atoms with Crippen LogP contribution in [0.3, 0.4) is 0 Å². The number of carbonyl (C=O) groups is 4. The molecule has 4 N–H and O–H groups in total. The number of nitrogens with zero attached hydrogens (tertiary/aromatic N) is 1. The number of para-hydroxylation sites is 1. The van der Waals surface area contributed by atoms with Crippen molar-refractivity contribution in [1.29, 1.82) is 0 Å². The molecule has 10 nitrogen and oxygen atoms in total. The summed E-state index contributed by atoms with van der Waals surface area (Å²) in [4.78, 5) is 55.3. The normalized spacial score (nSPS) is 20.1. The molecule has 2 atom stereocenters. The van der Waals surface area contributed by atoms with Crippen molar-refractivity contribution in [3.8, 4) is 5.75 Å². The van der Waals surface area contributed by atoms with Crippen molar-refractivity contribution in [1.82, 2.24) is 26.2 Å². The van der Waals surface area contributed by atoms with Gasteiger partial charge in [0.05, 0.1) is 18.6 Å². The second kappa shape index (κ2) is 20.2. The summed E-state index contributed by atoms with van der Waals surface area (Å²) in [7, 11) is 3.78. The molecule has 3 rings (SSSR count). The van der Waals surface area contributed by atoms with Crippen molar-refractivity contribution in [2.75, 3.05) is 40.3 Å². The minimum absolute atomic E-state index is 0.271. The summed E-state index contributed by atoms with van der Waals surface area (Å²) >= 11 is 0. The van der Waals surface area contributed by atoms with Crippen molar-refractivity contribution >= 4 is 23.6 Å². The van der Waals surface area contributed by atoms with Gasteiger partial charge >= 0.3 is 0 Å². The highest BCUT2D eigenvalue weighted by atomic mass is 16.5. The second-order valence-corrected chi connectivity index (χ2v) is 12.0. The van der Waals surface area contributed by atoms with Gasteiger partial charge in [0.25, 0.3) is 5.91 Å².